The average molecular weight is 428 g/mol. The molecule has 5 nitrogen and oxygen atoms in total. The Labute approximate surface area is 177 Å². The number of thiazole rings is 1. The Morgan fingerprint density at radius 1 is 1.31 bits per heavy atom. The lowest BCUT2D eigenvalue weighted by Crippen LogP contribution is -2.19. The van der Waals surface area contributed by atoms with Crippen molar-refractivity contribution in [1.29, 1.82) is 0 Å². The maximum atomic E-state index is 10.9. The molecule has 1 unspecified atom stereocenters. The van der Waals surface area contributed by atoms with E-state index in [4.69, 9.17) is 14.6 Å². The van der Waals surface area contributed by atoms with E-state index >= 15 is 0 Å². The molecule has 4 rings (SSSR count). The second-order valence-corrected chi connectivity index (χ2v) is 8.81. The molecule has 0 fully saturated rings. The van der Waals surface area contributed by atoms with Gasteiger partial charge >= 0.3 is 5.97 Å². The highest BCUT2D eigenvalue weighted by molar-refractivity contribution is 8.00. The summed E-state index contributed by atoms with van der Waals surface area (Å²) in [6, 6.07) is 14.3. The van der Waals surface area contributed by atoms with Gasteiger partial charge in [0.15, 0.2) is 0 Å². The SMILES string of the molecule is CCc1cc2c(c(CSc3nc(CC(=O)O)cs3)c1)OC(c1ccccc1)OC2. The molecule has 0 spiro atoms. The molecule has 0 radical (unpaired) electrons. The minimum absolute atomic E-state index is 0.0447. The van der Waals surface area contributed by atoms with Gasteiger partial charge in [-0.05, 0) is 18.1 Å². The van der Waals surface area contributed by atoms with Crippen molar-refractivity contribution in [3.8, 4) is 5.75 Å². The predicted molar refractivity (Wildman–Crippen MR) is 113 cm³/mol. The number of carboxylic acid groups (broad SMARTS) is 1. The van der Waals surface area contributed by atoms with Gasteiger partial charge in [0.2, 0.25) is 6.29 Å². The number of carboxylic acids is 1. The van der Waals surface area contributed by atoms with Crippen LogP contribution in [0.5, 0.6) is 5.75 Å². The van der Waals surface area contributed by atoms with Gasteiger partial charge in [0.05, 0.1) is 18.7 Å². The number of fused-ring (bicyclic) bond motifs is 1. The van der Waals surface area contributed by atoms with Gasteiger partial charge in [0.25, 0.3) is 0 Å². The Bertz CT molecular complexity index is 1000. The molecule has 0 saturated carbocycles. The van der Waals surface area contributed by atoms with E-state index in [1.807, 2.05) is 35.7 Å². The molecule has 150 valence electrons. The van der Waals surface area contributed by atoms with E-state index in [9.17, 15) is 4.79 Å². The van der Waals surface area contributed by atoms with Crippen LogP contribution >= 0.6 is 23.1 Å². The highest BCUT2D eigenvalue weighted by atomic mass is 32.2. The largest absolute Gasteiger partial charge is 0.481 e. The number of aryl methyl sites for hydroxylation is 1. The molecular formula is C22H21NO4S2. The summed E-state index contributed by atoms with van der Waals surface area (Å²) >= 11 is 3.08. The number of thioether (sulfide) groups is 1. The Balaban J connectivity index is 1.55. The molecular weight excluding hydrogens is 406 g/mol. The Morgan fingerprint density at radius 2 is 2.14 bits per heavy atom. The molecule has 1 aliphatic rings. The minimum Gasteiger partial charge on any atom is -0.481 e. The summed E-state index contributed by atoms with van der Waals surface area (Å²) in [5.74, 6) is 0.728. The molecule has 2 heterocycles. The molecule has 1 aromatic heterocycles. The van der Waals surface area contributed by atoms with Crippen LogP contribution in [-0.2, 0) is 34.7 Å². The standard InChI is InChI=1S/C22H21NO4S2/c1-2-14-8-16-11-26-21(15-6-4-3-5-7-15)27-20(16)17(9-14)12-28-22-23-18(13-29-22)10-19(24)25/h3-9,13,21H,2,10-12H2,1H3,(H,24,25). The monoisotopic (exact) mass is 427 g/mol. The second-order valence-electron chi connectivity index (χ2n) is 6.73. The number of aliphatic carboxylic acids is 1. The molecule has 1 atom stereocenters. The summed E-state index contributed by atoms with van der Waals surface area (Å²) in [5.41, 5.74) is 5.02. The van der Waals surface area contributed by atoms with E-state index in [2.05, 4.69) is 24.0 Å². The third-order valence-corrected chi connectivity index (χ3v) is 6.73. The normalized spacial score (nSPS) is 15.6. The van der Waals surface area contributed by atoms with Crippen LogP contribution in [0.15, 0.2) is 52.2 Å². The van der Waals surface area contributed by atoms with Crippen molar-refractivity contribution in [1.82, 2.24) is 4.98 Å². The number of hydrogen-bond acceptors (Lipinski definition) is 6. The summed E-state index contributed by atoms with van der Waals surface area (Å²) < 4.78 is 13.1. The zero-order chi connectivity index (χ0) is 20.2. The molecule has 2 aromatic carbocycles. The molecule has 0 aliphatic carbocycles. The number of hydrogen-bond donors (Lipinski definition) is 1. The van der Waals surface area contributed by atoms with Crippen LogP contribution in [-0.4, -0.2) is 16.1 Å². The van der Waals surface area contributed by atoms with Gasteiger partial charge < -0.3 is 14.6 Å². The van der Waals surface area contributed by atoms with Crippen molar-refractivity contribution in [2.45, 2.75) is 42.8 Å². The van der Waals surface area contributed by atoms with E-state index in [1.165, 1.54) is 16.9 Å². The minimum atomic E-state index is -0.864. The maximum Gasteiger partial charge on any atom is 0.309 e. The zero-order valence-electron chi connectivity index (χ0n) is 16.0. The fourth-order valence-electron chi connectivity index (χ4n) is 3.21. The second kappa shape index (κ2) is 8.98. The summed E-state index contributed by atoms with van der Waals surface area (Å²) in [5, 5.41) is 10.7. The smallest absolute Gasteiger partial charge is 0.309 e. The van der Waals surface area contributed by atoms with E-state index in [0.29, 0.717) is 18.1 Å². The van der Waals surface area contributed by atoms with Crippen molar-refractivity contribution in [3.63, 3.8) is 0 Å². The van der Waals surface area contributed by atoms with E-state index in [-0.39, 0.29) is 6.42 Å². The Hall–Kier alpha value is -2.35. The summed E-state index contributed by atoms with van der Waals surface area (Å²) in [7, 11) is 0. The first-order valence-electron chi connectivity index (χ1n) is 9.39. The first-order valence-corrected chi connectivity index (χ1v) is 11.3. The summed E-state index contributed by atoms with van der Waals surface area (Å²) in [6.45, 7) is 2.65. The van der Waals surface area contributed by atoms with Crippen LogP contribution in [0.4, 0.5) is 0 Å². The van der Waals surface area contributed by atoms with Crippen molar-refractivity contribution in [3.05, 3.63) is 75.8 Å². The number of carbonyl (C=O) groups is 1. The quantitative estimate of drug-likeness (QED) is 0.521. The number of ether oxygens (including phenoxy) is 2. The molecule has 0 amide bonds. The van der Waals surface area contributed by atoms with Crippen LogP contribution in [0.25, 0.3) is 0 Å². The lowest BCUT2D eigenvalue weighted by molar-refractivity contribution is -0.136. The topological polar surface area (TPSA) is 68.7 Å². The average Bonchev–Trinajstić information content (AvgIpc) is 3.18. The lowest BCUT2D eigenvalue weighted by Gasteiger charge is -2.29. The van der Waals surface area contributed by atoms with E-state index < -0.39 is 12.3 Å². The van der Waals surface area contributed by atoms with Crippen molar-refractivity contribution in [2.24, 2.45) is 0 Å². The molecule has 0 saturated heterocycles. The van der Waals surface area contributed by atoms with E-state index in [0.717, 1.165) is 33.2 Å². The van der Waals surface area contributed by atoms with Crippen LogP contribution in [0.1, 0.15) is 41.2 Å². The Kier molecular flexibility index (Phi) is 6.18. The lowest BCUT2D eigenvalue weighted by atomic mass is 10.0. The number of nitrogens with zero attached hydrogens (tertiary/aromatic N) is 1. The number of aromatic nitrogens is 1. The molecule has 29 heavy (non-hydrogen) atoms. The van der Waals surface area contributed by atoms with Gasteiger partial charge in [-0.25, -0.2) is 4.98 Å². The van der Waals surface area contributed by atoms with Crippen LogP contribution in [0, 0.1) is 0 Å². The molecule has 1 N–H and O–H groups in total. The van der Waals surface area contributed by atoms with Gasteiger partial charge in [-0.3, -0.25) is 4.79 Å². The zero-order valence-corrected chi connectivity index (χ0v) is 17.6. The molecule has 7 heteroatoms. The van der Waals surface area contributed by atoms with Gasteiger partial charge in [0.1, 0.15) is 10.1 Å². The molecule has 1 aliphatic heterocycles. The van der Waals surface area contributed by atoms with Gasteiger partial charge in [0, 0.05) is 27.8 Å². The van der Waals surface area contributed by atoms with Crippen molar-refractivity contribution >= 4 is 29.1 Å². The fraction of sp³-hybridized carbons (Fsp3) is 0.273. The predicted octanol–water partition coefficient (Wildman–Crippen LogP) is 5.23. The summed E-state index contributed by atoms with van der Waals surface area (Å²) in [6.07, 6.45) is 0.478. The number of rotatable bonds is 7. The van der Waals surface area contributed by atoms with Crippen LogP contribution in [0.3, 0.4) is 0 Å². The summed E-state index contributed by atoms with van der Waals surface area (Å²) in [4.78, 5) is 15.3. The highest BCUT2D eigenvalue weighted by Crippen LogP contribution is 2.39. The van der Waals surface area contributed by atoms with Gasteiger partial charge in [-0.1, -0.05) is 55.1 Å². The third kappa shape index (κ3) is 4.80. The maximum absolute atomic E-state index is 10.9. The van der Waals surface area contributed by atoms with Gasteiger partial charge in [-0.2, -0.15) is 0 Å². The van der Waals surface area contributed by atoms with Gasteiger partial charge in [-0.15, -0.1) is 11.3 Å². The number of benzene rings is 2. The van der Waals surface area contributed by atoms with Crippen molar-refractivity contribution in [2.75, 3.05) is 0 Å². The Morgan fingerprint density at radius 3 is 2.90 bits per heavy atom. The fourth-order valence-corrected chi connectivity index (χ4v) is 5.02. The molecule has 3 aromatic rings. The van der Waals surface area contributed by atoms with Crippen LogP contribution < -0.4 is 4.74 Å². The molecule has 0 bridgehead atoms. The highest BCUT2D eigenvalue weighted by Gasteiger charge is 2.25. The van der Waals surface area contributed by atoms with Crippen molar-refractivity contribution < 1.29 is 19.4 Å². The first-order chi connectivity index (χ1) is 14.1. The van der Waals surface area contributed by atoms with E-state index in [1.54, 1.807) is 11.8 Å². The first kappa shape index (κ1) is 19.9. The van der Waals surface area contributed by atoms with Crippen LogP contribution in [0.2, 0.25) is 0 Å². The third-order valence-electron chi connectivity index (χ3n) is 4.61.